The van der Waals surface area contributed by atoms with Crippen LogP contribution in [-0.4, -0.2) is 24.8 Å². The van der Waals surface area contributed by atoms with Gasteiger partial charge in [0.2, 0.25) is 5.88 Å². The molecular formula is C22H20ClF5N2O3. The number of rotatable bonds is 10. The molecule has 0 aliphatic rings. The second kappa shape index (κ2) is 11.2. The first kappa shape index (κ1) is 26.2. The van der Waals surface area contributed by atoms with Gasteiger partial charge in [0, 0.05) is 36.1 Å². The molecule has 0 bridgehead atoms. The summed E-state index contributed by atoms with van der Waals surface area (Å²) in [5, 5.41) is 9.85. The fraction of sp³-hybridized carbons (Fsp3) is 0.364. The summed E-state index contributed by atoms with van der Waals surface area (Å²) in [6.07, 6.45) is -3.05. The number of ether oxygens (including phenoxy) is 3. The number of nitriles is 1. The number of benzene rings is 1. The molecular weight excluding hydrogens is 471 g/mol. The highest BCUT2D eigenvalue weighted by molar-refractivity contribution is 6.29. The molecule has 178 valence electrons. The van der Waals surface area contributed by atoms with Crippen molar-refractivity contribution in [3.8, 4) is 23.4 Å². The Morgan fingerprint density at radius 1 is 1.09 bits per heavy atom. The van der Waals surface area contributed by atoms with Gasteiger partial charge >= 0.3 is 6.18 Å². The molecule has 33 heavy (non-hydrogen) atoms. The van der Waals surface area contributed by atoms with Crippen molar-refractivity contribution in [2.75, 3.05) is 19.8 Å². The number of aromatic nitrogens is 1. The molecule has 0 unspecified atom stereocenters. The van der Waals surface area contributed by atoms with Crippen LogP contribution in [-0.2, 0) is 12.1 Å². The normalized spacial score (nSPS) is 12.3. The Bertz CT molecular complexity index is 994. The molecule has 5 nitrogen and oxygen atoms in total. The zero-order chi connectivity index (χ0) is 24.6. The lowest BCUT2D eigenvalue weighted by Crippen LogP contribution is -2.15. The lowest BCUT2D eigenvalue weighted by Gasteiger charge is -2.16. The molecule has 1 aromatic carbocycles. The smallest absolute Gasteiger partial charge is 0.433 e. The van der Waals surface area contributed by atoms with Crippen LogP contribution in [0.5, 0.6) is 17.4 Å². The van der Waals surface area contributed by atoms with Crippen molar-refractivity contribution in [2.45, 2.75) is 32.4 Å². The molecule has 11 heteroatoms. The minimum absolute atomic E-state index is 0.0544. The van der Waals surface area contributed by atoms with Crippen LogP contribution < -0.4 is 14.2 Å². The second-order valence-corrected chi connectivity index (χ2v) is 7.48. The van der Waals surface area contributed by atoms with E-state index < -0.39 is 29.2 Å². The fourth-order valence-corrected chi connectivity index (χ4v) is 2.52. The van der Waals surface area contributed by atoms with E-state index in [0.29, 0.717) is 23.8 Å². The van der Waals surface area contributed by atoms with Crippen LogP contribution in [0.1, 0.15) is 37.1 Å². The van der Waals surface area contributed by atoms with Crippen LogP contribution in [0.25, 0.3) is 0 Å². The minimum Gasteiger partial charge on any atom is -0.492 e. The van der Waals surface area contributed by atoms with Crippen LogP contribution in [0.3, 0.4) is 0 Å². The van der Waals surface area contributed by atoms with E-state index in [2.05, 4.69) is 4.98 Å². The largest absolute Gasteiger partial charge is 0.492 e. The number of hydrogen-bond acceptors (Lipinski definition) is 5. The van der Waals surface area contributed by atoms with E-state index in [1.807, 2.05) is 6.07 Å². The topological polar surface area (TPSA) is 64.4 Å². The Morgan fingerprint density at radius 2 is 1.79 bits per heavy atom. The zero-order valence-electron chi connectivity index (χ0n) is 17.7. The van der Waals surface area contributed by atoms with Crippen molar-refractivity contribution in [3.05, 3.63) is 58.3 Å². The lowest BCUT2D eigenvalue weighted by atomic mass is 10.1. The molecule has 0 radical (unpaired) electrons. The standard InChI is InChI=1S/C22H20ClF5N2O3/c1-14(23)6-9-31-17-4-5-18(15(10-17)13-29)32-7-3-8-33-20-12-16(21(2,24)25)11-19(30-20)22(26,27)28/h4-6,10-12H,3,7-9H2,1-2H3/b14-6+. The summed E-state index contributed by atoms with van der Waals surface area (Å²) in [6, 6.07) is 7.66. The SMILES string of the molecule is C/C(Cl)=C\COc1ccc(OCCCOc2cc(C(C)(F)F)cc(C(F)(F)F)n2)c(C#N)c1. The number of nitrogens with zero attached hydrogens (tertiary/aromatic N) is 2. The fourth-order valence-electron chi connectivity index (χ4n) is 2.46. The van der Waals surface area contributed by atoms with Crippen LogP contribution in [0.2, 0.25) is 0 Å². The maximum atomic E-state index is 13.5. The number of pyridine rings is 1. The van der Waals surface area contributed by atoms with Crippen LogP contribution >= 0.6 is 11.6 Å². The van der Waals surface area contributed by atoms with E-state index in [9.17, 15) is 27.2 Å². The Hall–Kier alpha value is -3.06. The molecule has 0 saturated heterocycles. The van der Waals surface area contributed by atoms with E-state index in [1.165, 1.54) is 12.1 Å². The average Bonchev–Trinajstić information content (AvgIpc) is 2.72. The van der Waals surface area contributed by atoms with Gasteiger partial charge in [-0.05, 0) is 31.2 Å². The molecule has 0 N–H and O–H groups in total. The number of halogens is 6. The van der Waals surface area contributed by atoms with E-state index in [1.54, 1.807) is 19.1 Å². The van der Waals surface area contributed by atoms with Crippen LogP contribution in [0.15, 0.2) is 41.4 Å². The van der Waals surface area contributed by atoms with Crippen molar-refractivity contribution in [1.82, 2.24) is 4.98 Å². The summed E-state index contributed by atoms with van der Waals surface area (Å²) in [6.45, 7) is 2.33. The van der Waals surface area contributed by atoms with Crippen molar-refractivity contribution in [3.63, 3.8) is 0 Å². The number of allylic oxidation sites excluding steroid dienone is 1. The Kier molecular flexibility index (Phi) is 8.88. The molecule has 0 aliphatic carbocycles. The molecule has 0 amide bonds. The van der Waals surface area contributed by atoms with Gasteiger partial charge in [-0.15, -0.1) is 0 Å². The molecule has 2 rings (SSSR count). The van der Waals surface area contributed by atoms with Crippen LogP contribution in [0, 0.1) is 11.3 Å². The second-order valence-electron chi connectivity index (χ2n) is 6.89. The molecule has 0 saturated carbocycles. The first-order valence-electron chi connectivity index (χ1n) is 9.62. The Morgan fingerprint density at radius 3 is 2.39 bits per heavy atom. The third kappa shape index (κ3) is 8.42. The van der Waals surface area contributed by atoms with Gasteiger partial charge in [-0.2, -0.15) is 18.4 Å². The molecule has 1 heterocycles. The monoisotopic (exact) mass is 490 g/mol. The van der Waals surface area contributed by atoms with Gasteiger partial charge in [0.25, 0.3) is 5.92 Å². The maximum absolute atomic E-state index is 13.5. The molecule has 1 aromatic heterocycles. The van der Waals surface area contributed by atoms with Gasteiger partial charge < -0.3 is 14.2 Å². The van der Waals surface area contributed by atoms with Gasteiger partial charge in [-0.3, -0.25) is 0 Å². The molecule has 0 spiro atoms. The van der Waals surface area contributed by atoms with E-state index in [4.69, 9.17) is 25.8 Å². The Balaban J connectivity index is 1.94. The summed E-state index contributed by atoms with van der Waals surface area (Å²) in [5.41, 5.74) is -2.10. The predicted molar refractivity (Wildman–Crippen MR) is 111 cm³/mol. The van der Waals surface area contributed by atoms with Gasteiger partial charge in [0.15, 0.2) is 0 Å². The molecule has 0 fully saturated rings. The predicted octanol–water partition coefficient (Wildman–Crippen LogP) is 6.45. The lowest BCUT2D eigenvalue weighted by molar-refractivity contribution is -0.141. The first-order chi connectivity index (χ1) is 15.4. The summed E-state index contributed by atoms with van der Waals surface area (Å²) < 4.78 is 82.0. The third-order valence-corrected chi connectivity index (χ3v) is 4.24. The van der Waals surface area contributed by atoms with Crippen molar-refractivity contribution < 1.29 is 36.2 Å². The third-order valence-electron chi connectivity index (χ3n) is 4.08. The van der Waals surface area contributed by atoms with E-state index in [0.717, 1.165) is 6.07 Å². The highest BCUT2D eigenvalue weighted by Crippen LogP contribution is 2.35. The number of alkyl halides is 5. The van der Waals surface area contributed by atoms with Gasteiger partial charge in [-0.25, -0.2) is 13.8 Å². The molecule has 0 aliphatic heterocycles. The van der Waals surface area contributed by atoms with Crippen LogP contribution in [0.4, 0.5) is 22.0 Å². The summed E-state index contributed by atoms with van der Waals surface area (Å²) in [7, 11) is 0. The Labute approximate surface area is 192 Å². The quantitative estimate of drug-likeness (QED) is 0.283. The highest BCUT2D eigenvalue weighted by atomic mass is 35.5. The summed E-state index contributed by atoms with van der Waals surface area (Å²) in [5.74, 6) is -3.34. The molecule has 0 atom stereocenters. The van der Waals surface area contributed by atoms with Crippen molar-refractivity contribution >= 4 is 11.6 Å². The maximum Gasteiger partial charge on any atom is 0.433 e. The zero-order valence-corrected chi connectivity index (χ0v) is 18.4. The van der Waals surface area contributed by atoms with E-state index in [-0.39, 0.29) is 37.6 Å². The van der Waals surface area contributed by atoms with Gasteiger partial charge in [0.1, 0.15) is 29.9 Å². The summed E-state index contributed by atoms with van der Waals surface area (Å²) >= 11 is 5.72. The highest BCUT2D eigenvalue weighted by Gasteiger charge is 2.36. The number of hydrogen-bond donors (Lipinski definition) is 0. The first-order valence-corrected chi connectivity index (χ1v) is 10.0. The average molecular weight is 491 g/mol. The minimum atomic E-state index is -4.90. The van der Waals surface area contributed by atoms with Gasteiger partial charge in [0.05, 0.1) is 18.8 Å². The summed E-state index contributed by atoms with van der Waals surface area (Å²) in [4.78, 5) is 3.26. The van der Waals surface area contributed by atoms with Crippen molar-refractivity contribution in [2.24, 2.45) is 0 Å². The van der Waals surface area contributed by atoms with Gasteiger partial charge in [-0.1, -0.05) is 11.6 Å². The van der Waals surface area contributed by atoms with Crippen molar-refractivity contribution in [1.29, 1.82) is 5.26 Å². The van der Waals surface area contributed by atoms with E-state index >= 15 is 0 Å². The molecule has 2 aromatic rings.